The van der Waals surface area contributed by atoms with E-state index in [4.69, 9.17) is 28.4 Å². The molecule has 6 unspecified atom stereocenters. The van der Waals surface area contributed by atoms with Crippen molar-refractivity contribution < 1.29 is 47.6 Å². The van der Waals surface area contributed by atoms with Gasteiger partial charge < -0.3 is 38.2 Å². The van der Waals surface area contributed by atoms with Crippen LogP contribution in [0.3, 0.4) is 0 Å². The minimum absolute atomic E-state index is 0.00502. The summed E-state index contributed by atoms with van der Waals surface area (Å²) in [4.78, 5) is 57.2. The summed E-state index contributed by atoms with van der Waals surface area (Å²) in [6.07, 6.45) is 38.0. The van der Waals surface area contributed by atoms with Crippen LogP contribution in [0.2, 0.25) is 0 Å². The molecule has 98 heavy (non-hydrogen) atoms. The smallest absolute Gasteiger partial charge is 0.311 e. The third-order valence-corrected chi connectivity index (χ3v) is 23.9. The summed E-state index contributed by atoms with van der Waals surface area (Å²) >= 11 is 0. The fraction of sp³-hybridized carbons (Fsp3) is 0.814. The van der Waals surface area contributed by atoms with Gasteiger partial charge in [-0.2, -0.15) is 0 Å². The molecule has 0 aromatic heterocycles. The number of carbonyl (C=O) groups excluding carboxylic acids is 4. The van der Waals surface area contributed by atoms with Gasteiger partial charge in [-0.1, -0.05) is 158 Å². The summed E-state index contributed by atoms with van der Waals surface area (Å²) in [6.45, 7) is 43.3. The number of hydrogen-bond acceptors (Lipinski definition) is 12. The first-order chi connectivity index (χ1) is 46.7. The van der Waals surface area contributed by atoms with Crippen LogP contribution in [0, 0.1) is 88.9 Å². The Morgan fingerprint density at radius 1 is 0.408 bits per heavy atom. The molecule has 12 heteroatoms. The second kappa shape index (κ2) is 42.4. The molecular weight excluding hydrogens is 1220 g/mol. The van der Waals surface area contributed by atoms with E-state index in [-0.39, 0.29) is 48.8 Å². The quantitative estimate of drug-likeness (QED) is 0.0355. The molecule has 0 saturated carbocycles. The van der Waals surface area contributed by atoms with Gasteiger partial charge in [0.05, 0.1) is 38.9 Å². The SMILES string of the molecule is Cc1c(C)c2c(c(C)c1OC(=O)CCC(=O)OCCC1CCN(CCCCCCN3CCC(CCOC(=O)CCC(=O)Oc4c(C)c(C)c5c(c4C)CCC(C)(CCCC(C)CCCC(C)CCCC(C)C)O5)CC3)CC1)CCC(C)(CCCC(C)CCCC(C)CCCC(C)C)O2. The van der Waals surface area contributed by atoms with Gasteiger partial charge in [-0.3, -0.25) is 19.2 Å². The molecular formula is C86H144N2O10. The monoisotopic (exact) mass is 1370 g/mol. The summed E-state index contributed by atoms with van der Waals surface area (Å²) in [6, 6.07) is 0. The molecule has 4 heterocycles. The number of esters is 4. The van der Waals surface area contributed by atoms with Crippen molar-refractivity contribution >= 4 is 23.9 Å². The second-order valence-electron chi connectivity index (χ2n) is 33.8. The first kappa shape index (κ1) is 82.8. The van der Waals surface area contributed by atoms with Gasteiger partial charge in [-0.05, 0) is 278 Å². The number of rotatable bonds is 45. The highest BCUT2D eigenvalue weighted by molar-refractivity contribution is 5.81. The molecule has 0 spiro atoms. The molecule has 0 bridgehead atoms. The van der Waals surface area contributed by atoms with E-state index in [0.717, 1.165) is 208 Å². The highest BCUT2D eigenvalue weighted by atomic mass is 16.6. The van der Waals surface area contributed by atoms with Gasteiger partial charge >= 0.3 is 23.9 Å². The fourth-order valence-corrected chi connectivity index (χ4v) is 16.4. The number of ether oxygens (including phenoxy) is 6. The molecule has 0 aliphatic carbocycles. The van der Waals surface area contributed by atoms with Gasteiger partial charge in [0.1, 0.15) is 34.2 Å². The molecule has 2 fully saturated rings. The van der Waals surface area contributed by atoms with Gasteiger partial charge in [0.15, 0.2) is 0 Å². The van der Waals surface area contributed by atoms with E-state index in [1.54, 1.807) is 0 Å². The van der Waals surface area contributed by atoms with Crippen molar-refractivity contribution in [1.29, 1.82) is 0 Å². The van der Waals surface area contributed by atoms with Crippen LogP contribution in [0.15, 0.2) is 0 Å². The number of nitrogens with zero attached hydrogens (tertiary/aromatic N) is 2. The Labute approximate surface area is 598 Å². The first-order valence-corrected chi connectivity index (χ1v) is 40.5. The van der Waals surface area contributed by atoms with E-state index in [1.165, 1.54) is 128 Å². The number of hydrogen-bond donors (Lipinski definition) is 0. The van der Waals surface area contributed by atoms with Gasteiger partial charge in [-0.15, -0.1) is 0 Å². The van der Waals surface area contributed by atoms with Crippen LogP contribution < -0.4 is 18.9 Å². The van der Waals surface area contributed by atoms with Crippen molar-refractivity contribution in [3.8, 4) is 23.0 Å². The second-order valence-corrected chi connectivity index (χ2v) is 33.8. The minimum atomic E-state index is -0.401. The lowest BCUT2D eigenvalue weighted by Crippen LogP contribution is -2.37. The van der Waals surface area contributed by atoms with Crippen LogP contribution in [0.1, 0.15) is 332 Å². The molecule has 558 valence electrons. The number of unbranched alkanes of at least 4 members (excludes halogenated alkanes) is 3. The van der Waals surface area contributed by atoms with Gasteiger partial charge in [0.25, 0.3) is 0 Å². The molecule has 2 saturated heterocycles. The number of piperidine rings is 2. The molecule has 0 N–H and O–H groups in total. The topological polar surface area (TPSA) is 130 Å². The molecule has 12 nitrogen and oxygen atoms in total. The van der Waals surface area contributed by atoms with Crippen molar-refractivity contribution in [3.63, 3.8) is 0 Å². The van der Waals surface area contributed by atoms with Crippen LogP contribution in [0.25, 0.3) is 0 Å². The predicted octanol–water partition coefficient (Wildman–Crippen LogP) is 21.5. The van der Waals surface area contributed by atoms with Gasteiger partial charge in [-0.25, -0.2) is 0 Å². The Morgan fingerprint density at radius 2 is 0.724 bits per heavy atom. The molecule has 6 rings (SSSR count). The van der Waals surface area contributed by atoms with E-state index < -0.39 is 11.9 Å². The number of carbonyl (C=O) groups is 4. The molecule has 4 aliphatic rings. The van der Waals surface area contributed by atoms with Crippen molar-refractivity contribution in [2.75, 3.05) is 52.5 Å². The van der Waals surface area contributed by atoms with Crippen LogP contribution in [0.5, 0.6) is 23.0 Å². The van der Waals surface area contributed by atoms with Crippen molar-refractivity contribution in [2.24, 2.45) is 47.3 Å². The molecule has 4 aliphatic heterocycles. The number of fused-ring (bicyclic) bond motifs is 2. The summed E-state index contributed by atoms with van der Waals surface area (Å²) in [5, 5.41) is 0. The fourth-order valence-electron chi connectivity index (χ4n) is 16.4. The van der Waals surface area contributed by atoms with E-state index in [2.05, 4.69) is 92.9 Å². The number of likely N-dealkylation sites (tertiary alicyclic amines) is 2. The van der Waals surface area contributed by atoms with Crippen molar-refractivity contribution in [3.05, 3.63) is 44.5 Å². The zero-order chi connectivity index (χ0) is 71.4. The van der Waals surface area contributed by atoms with Crippen molar-refractivity contribution in [2.45, 2.75) is 353 Å². The maximum absolute atomic E-state index is 13.2. The van der Waals surface area contributed by atoms with Gasteiger partial charge in [0, 0.05) is 11.1 Å². The van der Waals surface area contributed by atoms with Crippen LogP contribution >= 0.6 is 0 Å². The normalized spacial score (nSPS) is 19.9. The largest absolute Gasteiger partial charge is 0.487 e. The molecule has 0 radical (unpaired) electrons. The van der Waals surface area contributed by atoms with E-state index in [9.17, 15) is 19.2 Å². The average Bonchev–Trinajstić information content (AvgIpc) is 0.767. The standard InChI is InChI=1S/C86H144N2O10/c1-61(2)27-21-29-63(5)31-23-33-65(7)35-25-49-85(15)51-41-75-71(13)81(67(9)69(11)83(75)97-85)95-79(91)39-37-77(89)93-59-47-73-43-55-87(56-44-73)53-19-17-18-20-54-88-57-45-74(46-58-88)48-60-94-78(90)38-40-80(92)96-82-68(10)70(12)84-76(72(82)14)42-52-86(16,98-84)50-26-36-66(8)34-24-32-64(6)30-22-28-62(3)4/h61-66,73-74H,17-60H2,1-16H3. The van der Waals surface area contributed by atoms with Crippen LogP contribution in [0.4, 0.5) is 0 Å². The lowest BCUT2D eigenvalue weighted by molar-refractivity contribution is -0.147. The third kappa shape index (κ3) is 28.6. The molecule has 6 atom stereocenters. The lowest BCUT2D eigenvalue weighted by atomic mass is 9.83. The van der Waals surface area contributed by atoms with Crippen LogP contribution in [-0.2, 0) is 41.5 Å². The van der Waals surface area contributed by atoms with E-state index in [1.807, 2.05) is 27.7 Å². The summed E-state index contributed by atoms with van der Waals surface area (Å²) in [5.74, 6) is 7.55. The highest BCUT2D eigenvalue weighted by Gasteiger charge is 2.37. The van der Waals surface area contributed by atoms with E-state index in [0.29, 0.717) is 36.5 Å². The Bertz CT molecular complexity index is 2550. The third-order valence-electron chi connectivity index (χ3n) is 23.9. The maximum atomic E-state index is 13.2. The maximum Gasteiger partial charge on any atom is 0.311 e. The Hall–Kier alpha value is -4.16. The van der Waals surface area contributed by atoms with Crippen molar-refractivity contribution in [1.82, 2.24) is 9.80 Å². The first-order valence-electron chi connectivity index (χ1n) is 40.5. The van der Waals surface area contributed by atoms with E-state index >= 15 is 0 Å². The zero-order valence-electron chi connectivity index (χ0n) is 65.7. The minimum Gasteiger partial charge on any atom is -0.487 e. The molecule has 2 aromatic carbocycles. The summed E-state index contributed by atoms with van der Waals surface area (Å²) in [5.41, 5.74) is 7.74. The molecule has 2 aromatic rings. The zero-order valence-corrected chi connectivity index (χ0v) is 65.7. The summed E-state index contributed by atoms with van der Waals surface area (Å²) in [7, 11) is 0. The Morgan fingerprint density at radius 3 is 1.06 bits per heavy atom. The van der Waals surface area contributed by atoms with Crippen LogP contribution in [-0.4, -0.2) is 97.4 Å². The Kier molecular flexibility index (Phi) is 35.9. The predicted molar refractivity (Wildman–Crippen MR) is 403 cm³/mol. The number of benzene rings is 2. The lowest BCUT2D eigenvalue weighted by Gasteiger charge is -2.38. The summed E-state index contributed by atoms with van der Waals surface area (Å²) < 4.78 is 37.0. The van der Waals surface area contributed by atoms with Gasteiger partial charge in [0.2, 0.25) is 0 Å². The Balaban J connectivity index is 0.740. The highest BCUT2D eigenvalue weighted by Crippen LogP contribution is 2.47. The average molecular weight is 1370 g/mol. The molecule has 0 amide bonds.